The molecule has 1 heterocycles. The number of carbonyl (C=O) groups is 2. The number of aryl methyl sites for hydroxylation is 1. The zero-order valence-electron chi connectivity index (χ0n) is 32.9. The topological polar surface area (TPSA) is 114 Å². The van der Waals surface area contributed by atoms with E-state index in [0.29, 0.717) is 35.3 Å². The Labute approximate surface area is 306 Å². The van der Waals surface area contributed by atoms with Crippen LogP contribution in [0, 0.1) is 47.3 Å². The number of carbonyl (C=O) groups excluding carboxylic acids is 2. The molecular weight excluding hydrogens is 640 g/mol. The van der Waals surface area contributed by atoms with Crippen LogP contribution in [0.2, 0.25) is 0 Å². The fraction of sp³-hybridized carbons (Fsp3) is 0.667. The molecule has 2 bridgehead atoms. The molecule has 51 heavy (non-hydrogen) atoms. The monoisotopic (exact) mass is 704 g/mol. The summed E-state index contributed by atoms with van der Waals surface area (Å²) in [5.74, 6) is 0.953. The average molecular weight is 705 g/mol. The Balaban J connectivity index is 1.36. The maximum Gasteiger partial charge on any atom is 0.251 e. The lowest BCUT2D eigenvalue weighted by atomic mass is 9.45. The van der Waals surface area contributed by atoms with E-state index in [4.69, 9.17) is 4.84 Å². The van der Waals surface area contributed by atoms with Crippen molar-refractivity contribution in [2.45, 2.75) is 112 Å². The van der Waals surface area contributed by atoms with Gasteiger partial charge in [-0.25, -0.2) is 0 Å². The summed E-state index contributed by atoms with van der Waals surface area (Å²) in [4.78, 5) is 36.1. The lowest BCUT2D eigenvalue weighted by molar-refractivity contribution is -0.183. The van der Waals surface area contributed by atoms with E-state index in [-0.39, 0.29) is 41.8 Å². The molecule has 1 unspecified atom stereocenters. The van der Waals surface area contributed by atoms with E-state index in [9.17, 15) is 19.8 Å². The van der Waals surface area contributed by atoms with Crippen LogP contribution in [-0.4, -0.2) is 89.6 Å². The number of nitrogens with zero attached hydrogens (tertiary/aromatic N) is 2. The Kier molecular flexibility index (Phi) is 11.8. The maximum absolute atomic E-state index is 14.1. The maximum atomic E-state index is 14.1. The molecule has 3 saturated carbocycles. The Bertz CT molecular complexity index is 1550. The molecule has 2 aromatic carbocycles. The third-order valence-electron chi connectivity index (χ3n) is 12.8. The molecule has 9 heteroatoms. The largest absolute Gasteiger partial charge is 0.394 e. The Morgan fingerprint density at radius 1 is 1.08 bits per heavy atom. The van der Waals surface area contributed by atoms with Crippen LogP contribution >= 0.6 is 0 Å². The molecule has 3 aliphatic carbocycles. The fourth-order valence-electron chi connectivity index (χ4n) is 9.20. The standard InChI is InChI=1S/C42H64N4O5/c1-24-15-28(17-31(16-24)29-13-12-14-30(18-29)39(49)44-35(22-45(10)11)26(3)41(5,6)7)21-46-38(37(27(4)48)36(23-47)51-46)40(50)43-34-20-32-19-33(25(34)2)42(32,8)9/h12-18,25-27,32-38,47-48H,19-23H2,1-11H3,(H,43,50)(H,44,49)/t25-,26?,27-,32+,33-,34-,35-,36-,37+,38-/m0/s1. The molecule has 1 saturated heterocycles. The normalized spacial score (nSPS) is 29.3. The van der Waals surface area contributed by atoms with Gasteiger partial charge in [0.1, 0.15) is 12.1 Å². The first-order valence-electron chi connectivity index (χ1n) is 19.0. The van der Waals surface area contributed by atoms with Gasteiger partial charge in [-0.1, -0.05) is 78.3 Å². The van der Waals surface area contributed by atoms with E-state index in [0.717, 1.165) is 35.2 Å². The first kappa shape index (κ1) is 39.4. The number of aliphatic hydroxyl groups is 2. The summed E-state index contributed by atoms with van der Waals surface area (Å²) in [5, 5.41) is 29.5. The third-order valence-corrected chi connectivity index (χ3v) is 12.8. The van der Waals surface area contributed by atoms with Crippen molar-refractivity contribution < 1.29 is 24.6 Å². The molecule has 1 aliphatic heterocycles. The van der Waals surface area contributed by atoms with E-state index in [1.165, 1.54) is 6.42 Å². The number of amides is 2. The van der Waals surface area contributed by atoms with Crippen molar-refractivity contribution in [1.29, 1.82) is 0 Å². The summed E-state index contributed by atoms with van der Waals surface area (Å²) in [6.45, 7) is 20.2. The molecule has 9 nitrogen and oxygen atoms in total. The number of hydrogen-bond acceptors (Lipinski definition) is 7. The second kappa shape index (κ2) is 15.3. The molecule has 4 fully saturated rings. The molecule has 4 aliphatic rings. The van der Waals surface area contributed by atoms with Crippen LogP contribution in [0.15, 0.2) is 42.5 Å². The van der Waals surface area contributed by atoms with Crippen molar-refractivity contribution in [2.75, 3.05) is 27.2 Å². The van der Waals surface area contributed by atoms with Crippen LogP contribution in [0.5, 0.6) is 0 Å². The summed E-state index contributed by atoms with van der Waals surface area (Å²) < 4.78 is 0. The number of nitrogens with one attached hydrogen (secondary N) is 2. The van der Waals surface area contributed by atoms with Crippen LogP contribution in [0.25, 0.3) is 11.1 Å². The first-order chi connectivity index (χ1) is 23.8. The van der Waals surface area contributed by atoms with Crippen LogP contribution in [0.4, 0.5) is 0 Å². The fourth-order valence-corrected chi connectivity index (χ4v) is 9.20. The quantitative estimate of drug-likeness (QED) is 0.226. The van der Waals surface area contributed by atoms with Gasteiger partial charge in [0.15, 0.2) is 0 Å². The van der Waals surface area contributed by atoms with Crippen molar-refractivity contribution in [3.63, 3.8) is 0 Å². The van der Waals surface area contributed by atoms with Gasteiger partial charge in [0.05, 0.1) is 19.3 Å². The second-order valence-corrected chi connectivity index (χ2v) is 18.0. The van der Waals surface area contributed by atoms with Crippen molar-refractivity contribution in [2.24, 2.45) is 40.4 Å². The Hall–Kier alpha value is -2.82. The van der Waals surface area contributed by atoms with Crippen LogP contribution in [0.1, 0.15) is 89.7 Å². The molecular formula is C42H64N4O5. The van der Waals surface area contributed by atoms with Crippen LogP contribution in [-0.2, 0) is 16.2 Å². The van der Waals surface area contributed by atoms with E-state index in [1.807, 2.05) is 45.3 Å². The van der Waals surface area contributed by atoms with E-state index in [2.05, 4.69) is 82.2 Å². The zero-order chi connectivity index (χ0) is 37.6. The zero-order valence-corrected chi connectivity index (χ0v) is 32.9. The molecule has 6 rings (SSSR count). The molecule has 4 N–H and O–H groups in total. The molecule has 0 aromatic heterocycles. The average Bonchev–Trinajstić information content (AvgIpc) is 3.42. The van der Waals surface area contributed by atoms with E-state index >= 15 is 0 Å². The highest BCUT2D eigenvalue weighted by Gasteiger charge is 2.57. The highest BCUT2D eigenvalue weighted by atomic mass is 16.7. The molecule has 282 valence electrons. The van der Waals surface area contributed by atoms with Crippen molar-refractivity contribution in [3.05, 3.63) is 59.2 Å². The highest BCUT2D eigenvalue weighted by molar-refractivity contribution is 5.95. The van der Waals surface area contributed by atoms with Crippen LogP contribution in [0.3, 0.4) is 0 Å². The van der Waals surface area contributed by atoms with E-state index < -0.39 is 24.2 Å². The Morgan fingerprint density at radius 2 is 1.78 bits per heavy atom. The minimum absolute atomic E-state index is 0.0144. The summed E-state index contributed by atoms with van der Waals surface area (Å²) in [6.07, 6.45) is 0.619. The molecule has 2 aromatic rings. The van der Waals surface area contributed by atoms with Crippen molar-refractivity contribution in [1.82, 2.24) is 20.6 Å². The SMILES string of the molecule is Cc1cc(CN2O[C@@H](CO)[C@@H]([C@H](C)O)[C@H]2C(=O)N[C@H]2C[C@H]3C[C@@H]([C@@H]2C)C3(C)C)cc(-c2cccc(C(=O)N[C@@H](CN(C)C)C(C)C(C)(C)C)c2)c1. The minimum atomic E-state index is -0.857. The van der Waals surface area contributed by atoms with Gasteiger partial charge in [-0.2, -0.15) is 5.06 Å². The first-order valence-corrected chi connectivity index (χ1v) is 19.0. The van der Waals surface area contributed by atoms with Crippen molar-refractivity contribution in [3.8, 4) is 11.1 Å². The summed E-state index contributed by atoms with van der Waals surface area (Å²) in [5.41, 5.74) is 4.77. The minimum Gasteiger partial charge on any atom is -0.394 e. The van der Waals surface area contributed by atoms with Gasteiger partial charge in [0.25, 0.3) is 5.91 Å². The number of likely N-dealkylation sites (N-methyl/N-ethyl adjacent to an activating group) is 1. The lowest BCUT2D eigenvalue weighted by Crippen LogP contribution is -2.62. The van der Waals surface area contributed by atoms with Gasteiger partial charge >= 0.3 is 0 Å². The van der Waals surface area contributed by atoms with Gasteiger partial charge in [-0.15, -0.1) is 0 Å². The van der Waals surface area contributed by atoms with E-state index in [1.54, 1.807) is 12.0 Å². The predicted octanol–water partition coefficient (Wildman–Crippen LogP) is 5.66. The van der Waals surface area contributed by atoms with Crippen LogP contribution < -0.4 is 10.6 Å². The summed E-state index contributed by atoms with van der Waals surface area (Å²) >= 11 is 0. The summed E-state index contributed by atoms with van der Waals surface area (Å²) in [7, 11) is 4.06. The highest BCUT2D eigenvalue weighted by Crippen LogP contribution is 2.61. The van der Waals surface area contributed by atoms with Gasteiger partial charge in [0.2, 0.25) is 5.91 Å². The summed E-state index contributed by atoms with van der Waals surface area (Å²) in [6, 6.07) is 13.3. The Morgan fingerprint density at radius 3 is 2.37 bits per heavy atom. The number of benzene rings is 2. The van der Waals surface area contributed by atoms with Gasteiger partial charge < -0.3 is 25.7 Å². The van der Waals surface area contributed by atoms with Gasteiger partial charge in [-0.05, 0) is 110 Å². The predicted molar refractivity (Wildman–Crippen MR) is 203 cm³/mol. The number of hydrogen-bond donors (Lipinski definition) is 4. The smallest absolute Gasteiger partial charge is 0.251 e. The number of rotatable bonds is 12. The number of fused-ring (bicyclic) bond motifs is 2. The number of aliphatic hydroxyl groups excluding tert-OH is 2. The molecule has 0 spiro atoms. The number of hydroxylamine groups is 2. The van der Waals surface area contributed by atoms with Crippen molar-refractivity contribution >= 4 is 11.8 Å². The lowest BCUT2D eigenvalue weighted by Gasteiger charge is -2.62. The molecule has 0 radical (unpaired) electrons. The third kappa shape index (κ3) is 8.38. The second-order valence-electron chi connectivity index (χ2n) is 18.0. The molecule has 2 amide bonds. The van der Waals surface area contributed by atoms with Gasteiger partial charge in [-0.3, -0.25) is 14.4 Å². The van der Waals surface area contributed by atoms with Gasteiger partial charge in [0, 0.05) is 30.1 Å². The molecule has 10 atom stereocenters.